The second kappa shape index (κ2) is 31.2. The van der Waals surface area contributed by atoms with Crippen molar-refractivity contribution in [1.82, 2.24) is 4.57 Å². The summed E-state index contributed by atoms with van der Waals surface area (Å²) in [5.74, 6) is 1.57. The van der Waals surface area contributed by atoms with E-state index in [0.29, 0.717) is 6.04 Å². The van der Waals surface area contributed by atoms with Crippen LogP contribution in [0.4, 0.5) is 0 Å². The molecule has 0 aliphatic carbocycles. The second-order valence-electron chi connectivity index (χ2n) is 14.4. The highest BCUT2D eigenvalue weighted by molar-refractivity contribution is 4.85. The van der Waals surface area contributed by atoms with Crippen LogP contribution < -0.4 is 4.57 Å². The van der Waals surface area contributed by atoms with Crippen LogP contribution in [0.25, 0.3) is 0 Å². The van der Waals surface area contributed by atoms with Crippen molar-refractivity contribution in [2.75, 3.05) is 0 Å². The minimum Gasteiger partial charge on any atom is -0.234 e. The molecule has 0 saturated heterocycles. The van der Waals surface area contributed by atoms with E-state index in [0.717, 1.165) is 0 Å². The standard InChI is InChI=1S/C41H81N2/c1-5-7-9-11-13-15-17-19-21-22-24-26-28-30-32-34-36-41-42(38-39-43(41)40(3)4)37-35-33-31-29-27-25-23-20-18-16-14-12-10-8-6-2/h38-40H,5-37H2,1-4H3/q+1. The normalized spacial score (nSPS) is 11.7. The fraction of sp³-hybridized carbons (Fsp3) is 0.927. The van der Waals surface area contributed by atoms with E-state index in [1.54, 1.807) is 5.82 Å². The Kier molecular flexibility index (Phi) is 29.2. The number of imidazole rings is 1. The van der Waals surface area contributed by atoms with Crippen LogP contribution in [-0.2, 0) is 13.0 Å². The monoisotopic (exact) mass is 602 g/mol. The number of unbranched alkanes of at least 4 members (excludes halogenated alkanes) is 29. The molecule has 2 nitrogen and oxygen atoms in total. The molecule has 0 aliphatic heterocycles. The predicted molar refractivity (Wildman–Crippen MR) is 193 cm³/mol. The Labute approximate surface area is 272 Å². The number of aryl methyl sites for hydroxylation is 1. The average molecular weight is 602 g/mol. The number of nitrogens with zero attached hydrogens (tertiary/aromatic N) is 2. The molecule has 0 fully saturated rings. The lowest BCUT2D eigenvalue weighted by molar-refractivity contribution is -0.722. The molecule has 0 bridgehead atoms. The first-order valence-electron chi connectivity index (χ1n) is 20.3. The van der Waals surface area contributed by atoms with Gasteiger partial charge in [0.15, 0.2) is 0 Å². The van der Waals surface area contributed by atoms with Crippen molar-refractivity contribution in [3.63, 3.8) is 0 Å². The van der Waals surface area contributed by atoms with Gasteiger partial charge in [-0.1, -0.05) is 194 Å². The summed E-state index contributed by atoms with van der Waals surface area (Å²) in [6.45, 7) is 10.5. The SMILES string of the molecule is CCCCCCCCCCCCCCCCCCc1n(CCCCCCCCCCCCCCCCC)cc[n+]1C(C)C. The first kappa shape index (κ1) is 40.2. The van der Waals surface area contributed by atoms with Crippen molar-refractivity contribution < 1.29 is 4.57 Å². The molecular weight excluding hydrogens is 520 g/mol. The Balaban J connectivity index is 2.01. The molecule has 0 N–H and O–H groups in total. The van der Waals surface area contributed by atoms with Gasteiger partial charge in [0.05, 0.1) is 12.6 Å². The van der Waals surface area contributed by atoms with Crippen molar-refractivity contribution >= 4 is 0 Å². The van der Waals surface area contributed by atoms with Crippen molar-refractivity contribution in [2.24, 2.45) is 0 Å². The van der Waals surface area contributed by atoms with Gasteiger partial charge in [-0.15, -0.1) is 0 Å². The van der Waals surface area contributed by atoms with Crippen LogP contribution in [0.2, 0.25) is 0 Å². The fourth-order valence-corrected chi connectivity index (χ4v) is 6.90. The summed E-state index contributed by atoms with van der Waals surface area (Å²) in [6.07, 6.45) is 50.7. The molecule has 0 radical (unpaired) electrons. The zero-order valence-corrected chi connectivity index (χ0v) is 30.5. The number of aromatic nitrogens is 2. The molecule has 0 atom stereocenters. The van der Waals surface area contributed by atoms with Crippen molar-refractivity contribution in [2.45, 2.75) is 246 Å². The molecule has 2 heteroatoms. The highest BCUT2D eigenvalue weighted by atomic mass is 15.2. The molecular formula is C41H81N2+. The maximum absolute atomic E-state index is 2.59. The summed E-state index contributed by atoms with van der Waals surface area (Å²) in [5.41, 5.74) is 0. The first-order chi connectivity index (χ1) is 21.2. The highest BCUT2D eigenvalue weighted by Gasteiger charge is 2.18. The lowest BCUT2D eigenvalue weighted by Gasteiger charge is -2.08. The molecule has 1 rings (SSSR count). The number of hydrogen-bond donors (Lipinski definition) is 0. The van der Waals surface area contributed by atoms with Gasteiger partial charge in [0, 0.05) is 6.42 Å². The third kappa shape index (κ3) is 24.2. The smallest absolute Gasteiger partial charge is 0.234 e. The van der Waals surface area contributed by atoms with E-state index in [4.69, 9.17) is 0 Å². The van der Waals surface area contributed by atoms with E-state index in [9.17, 15) is 0 Å². The molecule has 1 aromatic rings. The quantitative estimate of drug-likeness (QED) is 0.0549. The molecule has 1 aromatic heterocycles. The molecule has 1 heterocycles. The molecule has 0 unspecified atom stereocenters. The van der Waals surface area contributed by atoms with Crippen LogP contribution in [0.15, 0.2) is 12.4 Å². The van der Waals surface area contributed by atoms with Crippen molar-refractivity contribution in [1.29, 1.82) is 0 Å². The van der Waals surface area contributed by atoms with Gasteiger partial charge < -0.3 is 0 Å². The van der Waals surface area contributed by atoms with E-state index in [1.165, 1.54) is 212 Å². The van der Waals surface area contributed by atoms with Gasteiger partial charge in [-0.3, -0.25) is 0 Å². The Morgan fingerprint density at radius 2 is 0.744 bits per heavy atom. The van der Waals surface area contributed by atoms with Crippen LogP contribution in [0.3, 0.4) is 0 Å². The maximum atomic E-state index is 2.59. The third-order valence-electron chi connectivity index (χ3n) is 9.85. The Bertz CT molecular complexity index is 675. The van der Waals surface area contributed by atoms with Gasteiger partial charge >= 0.3 is 0 Å². The van der Waals surface area contributed by atoms with Crippen LogP contribution in [-0.4, -0.2) is 4.57 Å². The molecule has 254 valence electrons. The van der Waals surface area contributed by atoms with E-state index >= 15 is 0 Å². The van der Waals surface area contributed by atoms with Gasteiger partial charge in [-0.2, -0.15) is 0 Å². The van der Waals surface area contributed by atoms with Gasteiger partial charge in [-0.05, 0) is 33.1 Å². The summed E-state index contributed by atoms with van der Waals surface area (Å²) in [4.78, 5) is 0. The summed E-state index contributed by atoms with van der Waals surface area (Å²) < 4.78 is 5.13. The predicted octanol–water partition coefficient (Wildman–Crippen LogP) is 14.0. The zero-order chi connectivity index (χ0) is 31.1. The second-order valence-corrected chi connectivity index (χ2v) is 14.4. The van der Waals surface area contributed by atoms with Gasteiger partial charge in [-0.25, -0.2) is 9.13 Å². The summed E-state index contributed by atoms with van der Waals surface area (Å²) in [7, 11) is 0. The third-order valence-corrected chi connectivity index (χ3v) is 9.85. The van der Waals surface area contributed by atoms with Crippen molar-refractivity contribution in [3.05, 3.63) is 18.2 Å². The number of hydrogen-bond acceptors (Lipinski definition) is 0. The largest absolute Gasteiger partial charge is 0.256 e. The van der Waals surface area contributed by atoms with Crippen LogP contribution >= 0.6 is 0 Å². The fourth-order valence-electron chi connectivity index (χ4n) is 6.90. The molecule has 43 heavy (non-hydrogen) atoms. The topological polar surface area (TPSA) is 8.81 Å². The zero-order valence-electron chi connectivity index (χ0n) is 30.5. The molecule has 0 amide bonds. The molecule has 0 saturated carbocycles. The Morgan fingerprint density at radius 1 is 0.442 bits per heavy atom. The summed E-state index contributed by atoms with van der Waals surface area (Å²) in [5, 5.41) is 0. The lowest BCUT2D eigenvalue weighted by atomic mass is 10.0. The minimum atomic E-state index is 0.568. The van der Waals surface area contributed by atoms with Crippen molar-refractivity contribution in [3.8, 4) is 0 Å². The number of rotatable bonds is 34. The highest BCUT2D eigenvalue weighted by Crippen LogP contribution is 2.16. The summed E-state index contributed by atoms with van der Waals surface area (Å²) in [6, 6.07) is 0.568. The average Bonchev–Trinajstić information content (AvgIpc) is 3.41. The Morgan fingerprint density at radius 3 is 1.07 bits per heavy atom. The first-order valence-corrected chi connectivity index (χ1v) is 20.3. The minimum absolute atomic E-state index is 0.568. The van der Waals surface area contributed by atoms with E-state index in [-0.39, 0.29) is 0 Å². The van der Waals surface area contributed by atoms with E-state index in [1.807, 2.05) is 0 Å². The van der Waals surface area contributed by atoms with E-state index in [2.05, 4.69) is 49.2 Å². The van der Waals surface area contributed by atoms with Crippen LogP contribution in [0.1, 0.15) is 239 Å². The van der Waals surface area contributed by atoms with Gasteiger partial charge in [0.1, 0.15) is 12.4 Å². The Hall–Kier alpha value is -0.790. The van der Waals surface area contributed by atoms with Crippen LogP contribution in [0.5, 0.6) is 0 Å². The lowest BCUT2D eigenvalue weighted by Crippen LogP contribution is -2.39. The maximum Gasteiger partial charge on any atom is 0.256 e. The molecule has 0 spiro atoms. The van der Waals surface area contributed by atoms with Crippen LogP contribution in [0, 0.1) is 0 Å². The summed E-state index contributed by atoms with van der Waals surface area (Å²) >= 11 is 0. The molecule has 0 aliphatic rings. The van der Waals surface area contributed by atoms with E-state index < -0.39 is 0 Å². The van der Waals surface area contributed by atoms with Gasteiger partial charge in [0.25, 0.3) is 5.82 Å². The van der Waals surface area contributed by atoms with Gasteiger partial charge in [0.2, 0.25) is 0 Å². The molecule has 0 aromatic carbocycles.